The van der Waals surface area contributed by atoms with Gasteiger partial charge in [-0.2, -0.15) is 5.10 Å². The smallest absolute Gasteiger partial charge is 0.216 e. The summed E-state index contributed by atoms with van der Waals surface area (Å²) in [6.07, 6.45) is 2.22. The molecule has 9 nitrogen and oxygen atoms in total. The normalized spacial score (nSPS) is 11.3. The van der Waals surface area contributed by atoms with Crippen molar-refractivity contribution in [2.45, 2.75) is 20.3 Å². The molecule has 0 atom stereocenters. The fourth-order valence-electron chi connectivity index (χ4n) is 2.66. The van der Waals surface area contributed by atoms with E-state index in [-0.39, 0.29) is 0 Å². The zero-order valence-corrected chi connectivity index (χ0v) is 16.9. The van der Waals surface area contributed by atoms with Crippen molar-refractivity contribution in [2.75, 3.05) is 32.1 Å². The highest BCUT2D eigenvalue weighted by Crippen LogP contribution is 2.30. The number of aromatic amines is 1. The van der Waals surface area contributed by atoms with E-state index in [1.807, 2.05) is 38.1 Å². The van der Waals surface area contributed by atoms with Crippen LogP contribution in [0.5, 0.6) is 11.5 Å². The third-order valence-corrected chi connectivity index (χ3v) is 3.96. The second kappa shape index (κ2) is 10.2. The lowest BCUT2D eigenvalue weighted by molar-refractivity contribution is 0.311. The molecule has 0 unspecified atom stereocenters. The van der Waals surface area contributed by atoms with Crippen LogP contribution in [0.2, 0.25) is 0 Å². The summed E-state index contributed by atoms with van der Waals surface area (Å²) in [6, 6.07) is 9.30. The van der Waals surface area contributed by atoms with Gasteiger partial charge in [0.15, 0.2) is 23.2 Å². The molecule has 2 aromatic heterocycles. The topological polar surface area (TPSA) is 110 Å². The van der Waals surface area contributed by atoms with Gasteiger partial charge in [-0.3, -0.25) is 10.1 Å². The monoisotopic (exact) mass is 398 g/mol. The van der Waals surface area contributed by atoms with Crippen LogP contribution in [0.25, 0.3) is 11.6 Å². The molecule has 0 radical (unpaired) electrons. The fourth-order valence-corrected chi connectivity index (χ4v) is 2.66. The van der Waals surface area contributed by atoms with Crippen molar-refractivity contribution >= 4 is 11.6 Å². The zero-order valence-electron chi connectivity index (χ0n) is 16.9. The van der Waals surface area contributed by atoms with Crippen LogP contribution in [0.15, 0.2) is 46.0 Å². The van der Waals surface area contributed by atoms with Crippen LogP contribution in [-0.4, -0.2) is 47.9 Å². The standard InChI is InChI=1S/C20H26N6O3/c1-4-21-20(23-14-8-9-15(28-5-2)17(13-14)27-3)22-11-10-18-24-19(26-25-18)16-7-6-12-29-16/h6-9,12-13H,4-5,10-11H2,1-3H3,(H2,21,22,23)(H,24,25,26). The van der Waals surface area contributed by atoms with Gasteiger partial charge < -0.3 is 24.5 Å². The van der Waals surface area contributed by atoms with Crippen molar-refractivity contribution in [2.24, 2.45) is 4.99 Å². The number of guanidine groups is 1. The number of benzene rings is 1. The SMILES string of the molecule is CCNC(=NCCc1nc(-c2ccco2)n[nH]1)Nc1ccc(OCC)c(OC)c1. The number of hydrogen-bond donors (Lipinski definition) is 3. The van der Waals surface area contributed by atoms with Crippen LogP contribution < -0.4 is 20.1 Å². The summed E-state index contributed by atoms with van der Waals surface area (Å²) in [4.78, 5) is 9.03. The van der Waals surface area contributed by atoms with Gasteiger partial charge in [-0.15, -0.1) is 0 Å². The Balaban J connectivity index is 1.62. The summed E-state index contributed by atoms with van der Waals surface area (Å²) >= 11 is 0. The lowest BCUT2D eigenvalue weighted by atomic mass is 10.2. The maximum atomic E-state index is 5.56. The Morgan fingerprint density at radius 1 is 1.24 bits per heavy atom. The minimum Gasteiger partial charge on any atom is -0.493 e. The van der Waals surface area contributed by atoms with Crippen LogP contribution in [0.3, 0.4) is 0 Å². The number of aromatic nitrogens is 3. The lowest BCUT2D eigenvalue weighted by Crippen LogP contribution is -2.31. The van der Waals surface area contributed by atoms with Crippen molar-refractivity contribution in [3.8, 4) is 23.1 Å². The summed E-state index contributed by atoms with van der Waals surface area (Å²) in [7, 11) is 1.62. The molecule has 0 amide bonds. The predicted octanol–water partition coefficient (Wildman–Crippen LogP) is 3.09. The number of nitrogens with one attached hydrogen (secondary N) is 3. The number of anilines is 1. The molecule has 2 heterocycles. The van der Waals surface area contributed by atoms with E-state index in [2.05, 4.69) is 30.8 Å². The molecule has 29 heavy (non-hydrogen) atoms. The number of nitrogens with zero attached hydrogens (tertiary/aromatic N) is 3. The van der Waals surface area contributed by atoms with Crippen molar-refractivity contribution in [1.82, 2.24) is 20.5 Å². The summed E-state index contributed by atoms with van der Waals surface area (Å²) in [6.45, 7) is 5.81. The first-order valence-electron chi connectivity index (χ1n) is 9.54. The number of furan rings is 1. The van der Waals surface area contributed by atoms with E-state index < -0.39 is 0 Å². The molecular formula is C20H26N6O3. The highest BCUT2D eigenvalue weighted by molar-refractivity contribution is 5.93. The molecular weight excluding hydrogens is 372 g/mol. The third kappa shape index (κ3) is 5.50. The third-order valence-electron chi connectivity index (χ3n) is 3.96. The number of rotatable bonds is 9. The molecule has 3 aromatic rings. The van der Waals surface area contributed by atoms with Crippen molar-refractivity contribution < 1.29 is 13.9 Å². The molecule has 3 rings (SSSR count). The van der Waals surface area contributed by atoms with Crippen LogP contribution >= 0.6 is 0 Å². The second-order valence-corrected chi connectivity index (χ2v) is 6.02. The van der Waals surface area contributed by atoms with Gasteiger partial charge in [-0.25, -0.2) is 4.98 Å². The van der Waals surface area contributed by atoms with Crippen LogP contribution in [0, 0.1) is 0 Å². The molecule has 1 aromatic carbocycles. The molecule has 9 heteroatoms. The Kier molecular flexibility index (Phi) is 7.10. The summed E-state index contributed by atoms with van der Waals surface area (Å²) in [5.41, 5.74) is 0.852. The van der Waals surface area contributed by atoms with Gasteiger partial charge in [0, 0.05) is 31.3 Å². The average molecular weight is 398 g/mol. The van der Waals surface area contributed by atoms with E-state index in [0.29, 0.717) is 48.6 Å². The zero-order chi connectivity index (χ0) is 20.5. The van der Waals surface area contributed by atoms with Gasteiger partial charge in [-0.05, 0) is 38.1 Å². The highest BCUT2D eigenvalue weighted by Gasteiger charge is 2.09. The Labute approximate surface area is 169 Å². The van der Waals surface area contributed by atoms with Gasteiger partial charge in [-0.1, -0.05) is 0 Å². The number of H-pyrrole nitrogens is 1. The molecule has 0 aliphatic heterocycles. The van der Waals surface area contributed by atoms with Crippen molar-refractivity contribution in [3.63, 3.8) is 0 Å². The van der Waals surface area contributed by atoms with E-state index in [4.69, 9.17) is 13.9 Å². The van der Waals surface area contributed by atoms with E-state index in [1.54, 1.807) is 19.4 Å². The van der Waals surface area contributed by atoms with Crippen LogP contribution in [0.4, 0.5) is 5.69 Å². The van der Waals surface area contributed by atoms with E-state index in [0.717, 1.165) is 18.1 Å². The van der Waals surface area contributed by atoms with Crippen molar-refractivity contribution in [1.29, 1.82) is 0 Å². The first kappa shape index (κ1) is 20.2. The lowest BCUT2D eigenvalue weighted by Gasteiger charge is -2.14. The van der Waals surface area contributed by atoms with Crippen LogP contribution in [-0.2, 0) is 6.42 Å². The number of hydrogen-bond acceptors (Lipinski definition) is 6. The largest absolute Gasteiger partial charge is 0.493 e. The Morgan fingerprint density at radius 3 is 2.86 bits per heavy atom. The number of methoxy groups -OCH3 is 1. The molecule has 0 aliphatic rings. The van der Waals surface area contributed by atoms with Gasteiger partial charge in [0.2, 0.25) is 5.82 Å². The van der Waals surface area contributed by atoms with E-state index in [1.165, 1.54) is 0 Å². The molecule has 0 bridgehead atoms. The first-order valence-corrected chi connectivity index (χ1v) is 9.54. The highest BCUT2D eigenvalue weighted by atomic mass is 16.5. The van der Waals surface area contributed by atoms with E-state index in [9.17, 15) is 0 Å². The molecule has 0 spiro atoms. The van der Waals surface area contributed by atoms with Gasteiger partial charge >= 0.3 is 0 Å². The van der Waals surface area contributed by atoms with Crippen molar-refractivity contribution in [3.05, 3.63) is 42.4 Å². The average Bonchev–Trinajstić information content (AvgIpc) is 3.41. The van der Waals surface area contributed by atoms with Crippen LogP contribution in [0.1, 0.15) is 19.7 Å². The molecule has 0 saturated heterocycles. The van der Waals surface area contributed by atoms with E-state index >= 15 is 0 Å². The van der Waals surface area contributed by atoms with Gasteiger partial charge in [0.1, 0.15) is 5.82 Å². The minimum atomic E-state index is 0.538. The summed E-state index contributed by atoms with van der Waals surface area (Å²) < 4.78 is 16.3. The molecule has 0 saturated carbocycles. The molecule has 154 valence electrons. The quantitative estimate of drug-likeness (QED) is 0.375. The van der Waals surface area contributed by atoms with Gasteiger partial charge in [0.25, 0.3) is 0 Å². The maximum Gasteiger partial charge on any atom is 0.216 e. The molecule has 3 N–H and O–H groups in total. The Morgan fingerprint density at radius 2 is 2.14 bits per heavy atom. The fraction of sp³-hybridized carbons (Fsp3) is 0.350. The first-order chi connectivity index (χ1) is 14.2. The summed E-state index contributed by atoms with van der Waals surface area (Å²) in [5.74, 6) is 3.97. The molecule has 0 aliphatic carbocycles. The number of ether oxygens (including phenoxy) is 2. The predicted molar refractivity (Wildman–Crippen MR) is 112 cm³/mol. The summed E-state index contributed by atoms with van der Waals surface area (Å²) in [5, 5.41) is 13.6. The maximum absolute atomic E-state index is 5.56. The minimum absolute atomic E-state index is 0.538. The van der Waals surface area contributed by atoms with Gasteiger partial charge in [0.05, 0.1) is 20.0 Å². The Bertz CT molecular complexity index is 920. The Hall–Kier alpha value is -3.49. The number of aliphatic imine (C=N–C) groups is 1. The second-order valence-electron chi connectivity index (χ2n) is 6.02. The molecule has 0 fully saturated rings.